The molecule has 0 spiro atoms. The minimum Gasteiger partial charge on any atom is -0.491 e. The van der Waals surface area contributed by atoms with Gasteiger partial charge < -0.3 is 25.0 Å². The Hall–Kier alpha value is -2.08. The van der Waals surface area contributed by atoms with Crippen LogP contribution in [-0.4, -0.2) is 48.7 Å². The normalized spacial score (nSPS) is 13.3. The predicted octanol–water partition coefficient (Wildman–Crippen LogP) is 0.430. The highest BCUT2D eigenvalue weighted by molar-refractivity contribution is 5.21. The van der Waals surface area contributed by atoms with Gasteiger partial charge in [-0.05, 0) is 24.3 Å². The predicted molar refractivity (Wildman–Crippen MR) is 87.5 cm³/mol. The van der Waals surface area contributed by atoms with Crippen LogP contribution in [0, 0.1) is 0 Å². The number of nitrogens with two attached hydrogens (primary N) is 1. The van der Waals surface area contributed by atoms with Gasteiger partial charge in [0.2, 0.25) is 0 Å². The zero-order valence-electron chi connectivity index (χ0n) is 13.0. The molecule has 5 nitrogen and oxygen atoms in total. The fraction of sp³-hybridized carbons (Fsp3) is 0.333. The maximum absolute atomic E-state index is 9.86. The number of ether oxygens (including phenoxy) is 2. The lowest BCUT2D eigenvalue weighted by Crippen LogP contribution is -2.88. The molecule has 2 rings (SSSR count). The van der Waals surface area contributed by atoms with Crippen molar-refractivity contribution < 1.29 is 25.0 Å². The highest BCUT2D eigenvalue weighted by atomic mass is 16.5. The van der Waals surface area contributed by atoms with Crippen molar-refractivity contribution in [2.24, 2.45) is 0 Å². The van der Waals surface area contributed by atoms with Crippen molar-refractivity contribution in [1.82, 2.24) is 0 Å². The van der Waals surface area contributed by atoms with Gasteiger partial charge in [0.1, 0.15) is 50.0 Å². The van der Waals surface area contributed by atoms with E-state index in [2.05, 4.69) is 0 Å². The van der Waals surface area contributed by atoms with Crippen molar-refractivity contribution in [3.8, 4) is 11.5 Å². The van der Waals surface area contributed by atoms with Gasteiger partial charge in [-0.2, -0.15) is 0 Å². The number of aliphatic hydroxyl groups excluding tert-OH is 2. The summed E-state index contributed by atoms with van der Waals surface area (Å²) < 4.78 is 10.9. The second-order valence-corrected chi connectivity index (χ2v) is 5.32. The molecule has 2 aromatic carbocycles. The molecule has 0 heterocycles. The van der Waals surface area contributed by atoms with E-state index in [9.17, 15) is 10.2 Å². The summed E-state index contributed by atoms with van der Waals surface area (Å²) in [6, 6.07) is 18.8. The highest BCUT2D eigenvalue weighted by Crippen LogP contribution is 2.08. The first-order valence-electron chi connectivity index (χ1n) is 7.77. The summed E-state index contributed by atoms with van der Waals surface area (Å²) in [6.07, 6.45) is -1.17. The monoisotopic (exact) mass is 318 g/mol. The summed E-state index contributed by atoms with van der Waals surface area (Å²) in [5, 5.41) is 21.6. The van der Waals surface area contributed by atoms with Crippen molar-refractivity contribution in [2.45, 2.75) is 12.2 Å². The summed E-state index contributed by atoms with van der Waals surface area (Å²) in [7, 11) is 0. The van der Waals surface area contributed by atoms with Crippen LogP contribution in [-0.2, 0) is 0 Å². The van der Waals surface area contributed by atoms with Crippen molar-refractivity contribution in [3.05, 3.63) is 60.7 Å². The molecule has 0 radical (unpaired) electrons. The second kappa shape index (κ2) is 9.84. The van der Waals surface area contributed by atoms with Gasteiger partial charge in [0.15, 0.2) is 0 Å². The molecule has 0 fully saturated rings. The van der Waals surface area contributed by atoms with E-state index >= 15 is 0 Å². The molecular weight excluding hydrogens is 294 g/mol. The van der Waals surface area contributed by atoms with Gasteiger partial charge in [-0.3, -0.25) is 0 Å². The van der Waals surface area contributed by atoms with Crippen LogP contribution < -0.4 is 14.8 Å². The van der Waals surface area contributed by atoms with Crippen LogP contribution in [0.1, 0.15) is 0 Å². The Morgan fingerprint density at radius 1 is 0.696 bits per heavy atom. The Bertz CT molecular complexity index is 486. The number of rotatable bonds is 10. The average molecular weight is 318 g/mol. The van der Waals surface area contributed by atoms with Crippen molar-refractivity contribution in [3.63, 3.8) is 0 Å². The lowest BCUT2D eigenvalue weighted by molar-refractivity contribution is -0.667. The molecule has 0 aliphatic heterocycles. The number of hydrogen-bond acceptors (Lipinski definition) is 4. The molecule has 0 saturated heterocycles. The summed E-state index contributed by atoms with van der Waals surface area (Å²) in [6.45, 7) is 1.40. The molecule has 2 unspecified atom stereocenters. The van der Waals surface area contributed by atoms with E-state index in [1.807, 2.05) is 66.0 Å². The zero-order chi connectivity index (χ0) is 16.3. The first-order chi connectivity index (χ1) is 11.2. The molecule has 2 aromatic rings. The van der Waals surface area contributed by atoms with Gasteiger partial charge in [0, 0.05) is 0 Å². The van der Waals surface area contributed by atoms with E-state index in [1.165, 1.54) is 0 Å². The fourth-order valence-electron chi connectivity index (χ4n) is 2.04. The van der Waals surface area contributed by atoms with Crippen LogP contribution in [0.2, 0.25) is 0 Å². The maximum Gasteiger partial charge on any atom is 0.137 e. The molecule has 0 aromatic heterocycles. The molecule has 23 heavy (non-hydrogen) atoms. The van der Waals surface area contributed by atoms with Gasteiger partial charge >= 0.3 is 0 Å². The highest BCUT2D eigenvalue weighted by Gasteiger charge is 2.11. The third-order valence-electron chi connectivity index (χ3n) is 3.25. The Labute approximate surface area is 136 Å². The van der Waals surface area contributed by atoms with Crippen molar-refractivity contribution in [2.75, 3.05) is 26.3 Å². The lowest BCUT2D eigenvalue weighted by atomic mass is 10.3. The van der Waals surface area contributed by atoms with Crippen LogP contribution in [0.15, 0.2) is 60.7 Å². The van der Waals surface area contributed by atoms with Crippen molar-refractivity contribution in [1.29, 1.82) is 0 Å². The van der Waals surface area contributed by atoms with Gasteiger partial charge in [-0.25, -0.2) is 0 Å². The number of aliphatic hydroxyl groups is 2. The fourth-order valence-corrected chi connectivity index (χ4v) is 2.04. The number of hydrogen-bond donors (Lipinski definition) is 3. The molecule has 0 aliphatic rings. The Kier molecular flexibility index (Phi) is 7.39. The molecule has 5 heteroatoms. The average Bonchev–Trinajstić information content (AvgIpc) is 2.60. The van der Waals surface area contributed by atoms with Gasteiger partial charge in [0.05, 0.1) is 0 Å². The largest absolute Gasteiger partial charge is 0.491 e. The van der Waals surface area contributed by atoms with Crippen LogP contribution in [0.5, 0.6) is 11.5 Å². The Balaban J connectivity index is 1.55. The molecule has 0 aliphatic carbocycles. The van der Waals surface area contributed by atoms with E-state index in [4.69, 9.17) is 9.47 Å². The smallest absolute Gasteiger partial charge is 0.137 e. The zero-order valence-corrected chi connectivity index (χ0v) is 13.0. The van der Waals surface area contributed by atoms with Crippen LogP contribution in [0.4, 0.5) is 0 Å². The van der Waals surface area contributed by atoms with Crippen molar-refractivity contribution >= 4 is 0 Å². The Morgan fingerprint density at radius 3 is 1.48 bits per heavy atom. The minimum absolute atomic E-state index is 0.233. The quantitative estimate of drug-likeness (QED) is 0.594. The molecule has 124 valence electrons. The summed E-state index contributed by atoms with van der Waals surface area (Å²) in [4.78, 5) is 0. The van der Waals surface area contributed by atoms with Crippen LogP contribution >= 0.6 is 0 Å². The maximum atomic E-state index is 9.86. The van der Waals surface area contributed by atoms with E-state index in [0.717, 1.165) is 11.5 Å². The van der Waals surface area contributed by atoms with E-state index in [-0.39, 0.29) is 13.2 Å². The van der Waals surface area contributed by atoms with Gasteiger partial charge in [-0.1, -0.05) is 36.4 Å². The summed E-state index contributed by atoms with van der Waals surface area (Å²) in [5.41, 5.74) is 0. The molecule has 0 amide bonds. The summed E-state index contributed by atoms with van der Waals surface area (Å²) >= 11 is 0. The van der Waals surface area contributed by atoms with E-state index in [1.54, 1.807) is 0 Å². The molecule has 0 saturated carbocycles. The second-order valence-electron chi connectivity index (χ2n) is 5.32. The third-order valence-corrected chi connectivity index (χ3v) is 3.25. The Morgan fingerprint density at radius 2 is 1.09 bits per heavy atom. The lowest BCUT2D eigenvalue weighted by Gasteiger charge is -2.14. The van der Waals surface area contributed by atoms with E-state index in [0.29, 0.717) is 13.1 Å². The van der Waals surface area contributed by atoms with Crippen LogP contribution in [0.25, 0.3) is 0 Å². The van der Waals surface area contributed by atoms with E-state index < -0.39 is 12.2 Å². The number of benzene rings is 2. The molecule has 2 atom stereocenters. The minimum atomic E-state index is -0.586. The first-order valence-corrected chi connectivity index (χ1v) is 7.77. The number of para-hydroxylation sites is 2. The topological polar surface area (TPSA) is 75.5 Å². The van der Waals surface area contributed by atoms with Gasteiger partial charge in [-0.15, -0.1) is 0 Å². The van der Waals surface area contributed by atoms with Crippen LogP contribution in [0.3, 0.4) is 0 Å². The van der Waals surface area contributed by atoms with Gasteiger partial charge in [0.25, 0.3) is 0 Å². The number of quaternary nitrogens is 1. The molecule has 0 bridgehead atoms. The molecule has 4 N–H and O–H groups in total. The standard InChI is InChI=1S/C18H23NO4/c20-15(13-22-17-7-3-1-4-8-17)11-19-12-16(21)14-23-18-9-5-2-6-10-18/h1-10,15-16,19-21H,11-14H2/p+1. The SMILES string of the molecule is OC(C[NH2+]CC(O)COc1ccccc1)COc1ccccc1. The first kappa shape index (κ1) is 17.3. The molecular formula is C18H24NO4+. The third kappa shape index (κ3) is 7.15. The summed E-state index contributed by atoms with van der Waals surface area (Å²) in [5.74, 6) is 1.48.